The Bertz CT molecular complexity index is 400. The number of carboxylic acids is 1. The Kier molecular flexibility index (Phi) is 10.2. The maximum Gasteiger partial charge on any atom is 0.328 e. The van der Waals surface area contributed by atoms with Gasteiger partial charge in [0.25, 0.3) is 0 Å². The van der Waals surface area contributed by atoms with Crippen molar-refractivity contribution in [1.82, 2.24) is 10.6 Å². The number of urea groups is 1. The van der Waals surface area contributed by atoms with Gasteiger partial charge >= 0.3 is 12.0 Å². The summed E-state index contributed by atoms with van der Waals surface area (Å²) in [5.74, 6) is -1.95. The van der Waals surface area contributed by atoms with Gasteiger partial charge in [0.05, 0.1) is 6.54 Å². The van der Waals surface area contributed by atoms with Crippen LogP contribution in [0.3, 0.4) is 0 Å². The summed E-state index contributed by atoms with van der Waals surface area (Å²) in [5, 5.41) is 13.4. The molecule has 0 aliphatic carbocycles. The molecule has 0 aliphatic heterocycles. The molecule has 1 atom stereocenters. The number of hydrogen-bond donors (Lipinski definition) is 5. The standard InChI is InChI=1S/C13H24N4O5/c14-10(18)6-4-2-1-3-5-7-11(19)17-9(12(20)21)8-16-13(15)22/h9H,1-8H2,(H2,14,18)(H,17,19)(H,20,21)(H3,15,16,22)/t9-/m0/s1. The largest absolute Gasteiger partial charge is 0.480 e. The van der Waals surface area contributed by atoms with Gasteiger partial charge in [-0.2, -0.15) is 0 Å². The molecule has 7 N–H and O–H groups in total. The SMILES string of the molecule is NC(=O)CCCCCCCC(=O)N[C@@H](CNC(N)=O)C(=O)O. The molecule has 0 bridgehead atoms. The van der Waals surface area contributed by atoms with Crippen molar-refractivity contribution in [2.24, 2.45) is 11.5 Å². The van der Waals surface area contributed by atoms with Crippen LogP contribution in [0.1, 0.15) is 44.9 Å². The Morgan fingerprint density at radius 3 is 1.95 bits per heavy atom. The van der Waals surface area contributed by atoms with Gasteiger partial charge in [0.1, 0.15) is 6.04 Å². The van der Waals surface area contributed by atoms with Gasteiger partial charge in [-0.25, -0.2) is 9.59 Å². The fourth-order valence-corrected chi connectivity index (χ4v) is 1.78. The lowest BCUT2D eigenvalue weighted by atomic mass is 10.1. The molecule has 0 aromatic rings. The molecule has 0 spiro atoms. The highest BCUT2D eigenvalue weighted by Crippen LogP contribution is 2.07. The lowest BCUT2D eigenvalue weighted by Gasteiger charge is -2.14. The highest BCUT2D eigenvalue weighted by atomic mass is 16.4. The number of amides is 4. The normalized spacial score (nSPS) is 11.5. The highest BCUT2D eigenvalue weighted by Gasteiger charge is 2.19. The molecular weight excluding hydrogens is 292 g/mol. The summed E-state index contributed by atoms with van der Waals surface area (Å²) in [6.07, 6.45) is 4.49. The fraction of sp³-hybridized carbons (Fsp3) is 0.692. The molecular formula is C13H24N4O5. The molecule has 126 valence electrons. The maximum absolute atomic E-state index is 11.6. The fourth-order valence-electron chi connectivity index (χ4n) is 1.78. The number of carbonyl (C=O) groups excluding carboxylic acids is 3. The van der Waals surface area contributed by atoms with Crippen LogP contribution in [0.5, 0.6) is 0 Å². The molecule has 0 fully saturated rings. The van der Waals surface area contributed by atoms with Crippen molar-refractivity contribution in [3.05, 3.63) is 0 Å². The topological polar surface area (TPSA) is 165 Å². The number of primary amides is 2. The van der Waals surface area contributed by atoms with Crippen molar-refractivity contribution >= 4 is 23.8 Å². The van der Waals surface area contributed by atoms with E-state index in [1.54, 1.807) is 0 Å². The monoisotopic (exact) mass is 316 g/mol. The predicted molar refractivity (Wildman–Crippen MR) is 78.7 cm³/mol. The Hall–Kier alpha value is -2.32. The zero-order valence-electron chi connectivity index (χ0n) is 12.5. The number of carboxylic acid groups (broad SMARTS) is 1. The van der Waals surface area contributed by atoms with Gasteiger partial charge in [0.2, 0.25) is 11.8 Å². The lowest BCUT2D eigenvalue weighted by molar-refractivity contribution is -0.141. The third-order valence-corrected chi connectivity index (χ3v) is 2.94. The minimum atomic E-state index is -1.24. The van der Waals surface area contributed by atoms with E-state index in [1.807, 2.05) is 0 Å². The second-order valence-electron chi connectivity index (χ2n) is 4.94. The van der Waals surface area contributed by atoms with Crippen LogP contribution in [0.25, 0.3) is 0 Å². The number of carbonyl (C=O) groups is 4. The number of nitrogens with one attached hydrogen (secondary N) is 2. The maximum atomic E-state index is 11.6. The van der Waals surface area contributed by atoms with Gasteiger partial charge in [-0.15, -0.1) is 0 Å². The zero-order valence-corrected chi connectivity index (χ0v) is 12.5. The molecule has 0 heterocycles. The van der Waals surface area contributed by atoms with E-state index in [9.17, 15) is 19.2 Å². The van der Waals surface area contributed by atoms with Crippen molar-refractivity contribution in [2.75, 3.05) is 6.54 Å². The first-order valence-corrected chi connectivity index (χ1v) is 7.16. The van der Waals surface area contributed by atoms with Crippen LogP contribution in [0.2, 0.25) is 0 Å². The summed E-state index contributed by atoms with van der Waals surface area (Å²) in [4.78, 5) is 43.6. The smallest absolute Gasteiger partial charge is 0.328 e. The van der Waals surface area contributed by atoms with Crippen molar-refractivity contribution in [3.63, 3.8) is 0 Å². The molecule has 0 rings (SSSR count). The third-order valence-electron chi connectivity index (χ3n) is 2.94. The van der Waals surface area contributed by atoms with Gasteiger partial charge in [-0.05, 0) is 12.8 Å². The van der Waals surface area contributed by atoms with Crippen LogP contribution in [0, 0.1) is 0 Å². The minimum absolute atomic E-state index is 0.205. The Labute approximate surface area is 128 Å². The summed E-state index contributed by atoms with van der Waals surface area (Å²) < 4.78 is 0. The third kappa shape index (κ3) is 11.5. The van der Waals surface area contributed by atoms with Crippen LogP contribution in [-0.4, -0.2) is 41.5 Å². The predicted octanol–water partition coefficient (Wildman–Crippen LogP) is -0.560. The summed E-state index contributed by atoms with van der Waals surface area (Å²) >= 11 is 0. The molecule has 0 saturated heterocycles. The van der Waals surface area contributed by atoms with Crippen molar-refractivity contribution in [3.8, 4) is 0 Å². The van der Waals surface area contributed by atoms with Crippen LogP contribution in [-0.2, 0) is 14.4 Å². The summed E-state index contributed by atoms with van der Waals surface area (Å²) in [5.41, 5.74) is 9.86. The number of hydrogen-bond acceptors (Lipinski definition) is 4. The molecule has 0 radical (unpaired) electrons. The summed E-state index contributed by atoms with van der Waals surface area (Å²) in [6, 6.07) is -2.05. The highest BCUT2D eigenvalue weighted by molar-refractivity contribution is 5.84. The zero-order chi connectivity index (χ0) is 17.0. The molecule has 0 aliphatic rings. The Balaban J connectivity index is 3.79. The minimum Gasteiger partial charge on any atom is -0.480 e. The van der Waals surface area contributed by atoms with Gasteiger partial charge in [0.15, 0.2) is 0 Å². The summed E-state index contributed by atoms with van der Waals surface area (Å²) in [6.45, 7) is -0.260. The Morgan fingerprint density at radius 1 is 0.909 bits per heavy atom. The van der Waals surface area contributed by atoms with E-state index < -0.39 is 23.9 Å². The van der Waals surface area contributed by atoms with Crippen LogP contribution >= 0.6 is 0 Å². The number of nitrogens with two attached hydrogens (primary N) is 2. The molecule has 4 amide bonds. The average molecular weight is 316 g/mol. The number of aliphatic carboxylic acids is 1. The first-order chi connectivity index (χ1) is 10.3. The molecule has 9 heteroatoms. The first-order valence-electron chi connectivity index (χ1n) is 7.16. The average Bonchev–Trinajstić information content (AvgIpc) is 2.41. The van der Waals surface area contributed by atoms with Crippen LogP contribution in [0.4, 0.5) is 4.79 Å². The van der Waals surface area contributed by atoms with Crippen LogP contribution < -0.4 is 22.1 Å². The van der Waals surface area contributed by atoms with Crippen molar-refractivity contribution in [2.45, 2.75) is 51.0 Å². The van der Waals surface area contributed by atoms with E-state index >= 15 is 0 Å². The van der Waals surface area contributed by atoms with Gasteiger partial charge in [-0.1, -0.05) is 19.3 Å². The van der Waals surface area contributed by atoms with Gasteiger partial charge in [-0.3, -0.25) is 9.59 Å². The van der Waals surface area contributed by atoms with E-state index in [4.69, 9.17) is 16.6 Å². The van der Waals surface area contributed by atoms with E-state index in [-0.39, 0.29) is 18.9 Å². The molecule has 0 unspecified atom stereocenters. The van der Waals surface area contributed by atoms with E-state index in [0.717, 1.165) is 25.7 Å². The molecule has 0 aromatic carbocycles. The van der Waals surface area contributed by atoms with Gasteiger partial charge in [0, 0.05) is 12.8 Å². The van der Waals surface area contributed by atoms with E-state index in [2.05, 4.69) is 10.6 Å². The second-order valence-corrected chi connectivity index (χ2v) is 4.94. The summed E-state index contributed by atoms with van der Waals surface area (Å²) in [7, 11) is 0. The van der Waals surface area contributed by atoms with Crippen LogP contribution in [0.15, 0.2) is 0 Å². The second kappa shape index (κ2) is 11.4. The number of rotatable bonds is 12. The Morgan fingerprint density at radius 2 is 1.45 bits per heavy atom. The first kappa shape index (κ1) is 19.7. The van der Waals surface area contributed by atoms with Crippen molar-refractivity contribution < 1.29 is 24.3 Å². The quantitative estimate of drug-likeness (QED) is 0.304. The van der Waals surface area contributed by atoms with Gasteiger partial charge < -0.3 is 27.2 Å². The molecule has 0 saturated carbocycles. The molecule has 9 nitrogen and oxygen atoms in total. The molecule has 22 heavy (non-hydrogen) atoms. The lowest BCUT2D eigenvalue weighted by Crippen LogP contribution is -2.49. The van der Waals surface area contributed by atoms with E-state index in [0.29, 0.717) is 12.8 Å². The van der Waals surface area contributed by atoms with Crippen molar-refractivity contribution in [1.29, 1.82) is 0 Å². The molecule has 0 aromatic heterocycles. The van der Waals surface area contributed by atoms with E-state index in [1.165, 1.54) is 0 Å². The number of unbranched alkanes of at least 4 members (excludes halogenated alkanes) is 4.